The predicted molar refractivity (Wildman–Crippen MR) is 102 cm³/mol. The number of hydrogen-bond donors (Lipinski definition) is 0. The molecular formula is C20H21BrN2O. The second-order valence-corrected chi connectivity index (χ2v) is 6.83. The molecule has 1 aliphatic heterocycles. The first kappa shape index (κ1) is 16.9. The molecular weight excluding hydrogens is 364 g/mol. The lowest BCUT2D eigenvalue weighted by molar-refractivity contribution is 0.0650. The fourth-order valence-corrected chi connectivity index (χ4v) is 3.24. The molecule has 0 aliphatic carbocycles. The SMILES string of the molecule is O=C(c1cccc(Br)c1)N1CCN(C/C=C/c2ccccc2)CC1. The van der Waals surface area contributed by atoms with Gasteiger partial charge in [0, 0.05) is 42.8 Å². The lowest BCUT2D eigenvalue weighted by Gasteiger charge is -2.34. The molecule has 3 nitrogen and oxygen atoms in total. The van der Waals surface area contributed by atoms with Crippen molar-refractivity contribution in [2.24, 2.45) is 0 Å². The second-order valence-electron chi connectivity index (χ2n) is 5.92. The number of carbonyl (C=O) groups is 1. The Balaban J connectivity index is 1.49. The summed E-state index contributed by atoms with van der Waals surface area (Å²) in [5, 5.41) is 0. The number of nitrogens with zero attached hydrogens (tertiary/aromatic N) is 2. The van der Waals surface area contributed by atoms with Gasteiger partial charge in [0.1, 0.15) is 0 Å². The van der Waals surface area contributed by atoms with E-state index in [9.17, 15) is 4.79 Å². The van der Waals surface area contributed by atoms with Gasteiger partial charge in [-0.15, -0.1) is 0 Å². The topological polar surface area (TPSA) is 23.6 Å². The molecule has 0 saturated carbocycles. The molecule has 0 spiro atoms. The number of carbonyl (C=O) groups excluding carboxylic acids is 1. The molecule has 0 atom stereocenters. The van der Waals surface area contributed by atoms with Gasteiger partial charge in [0.2, 0.25) is 0 Å². The van der Waals surface area contributed by atoms with Crippen LogP contribution in [0.2, 0.25) is 0 Å². The Kier molecular flexibility index (Phi) is 5.83. The first-order valence-corrected chi connectivity index (χ1v) is 9.00. The predicted octanol–water partition coefficient (Wildman–Crippen LogP) is 3.92. The molecule has 0 radical (unpaired) electrons. The first-order chi connectivity index (χ1) is 11.7. The summed E-state index contributed by atoms with van der Waals surface area (Å²) in [5.41, 5.74) is 1.97. The monoisotopic (exact) mass is 384 g/mol. The molecule has 1 amide bonds. The van der Waals surface area contributed by atoms with Crippen molar-refractivity contribution in [2.75, 3.05) is 32.7 Å². The molecule has 1 aliphatic rings. The van der Waals surface area contributed by atoms with Crippen molar-refractivity contribution in [1.29, 1.82) is 0 Å². The Morgan fingerprint density at radius 3 is 2.46 bits per heavy atom. The van der Waals surface area contributed by atoms with E-state index >= 15 is 0 Å². The van der Waals surface area contributed by atoms with Crippen molar-refractivity contribution in [1.82, 2.24) is 9.80 Å². The van der Waals surface area contributed by atoms with E-state index in [0.29, 0.717) is 0 Å². The Bertz CT molecular complexity index is 707. The van der Waals surface area contributed by atoms with Gasteiger partial charge in [-0.05, 0) is 23.8 Å². The van der Waals surface area contributed by atoms with Crippen LogP contribution in [-0.2, 0) is 0 Å². The van der Waals surface area contributed by atoms with Crippen molar-refractivity contribution in [2.45, 2.75) is 0 Å². The molecule has 1 saturated heterocycles. The number of rotatable bonds is 4. The zero-order chi connectivity index (χ0) is 16.8. The summed E-state index contributed by atoms with van der Waals surface area (Å²) in [4.78, 5) is 16.9. The van der Waals surface area contributed by atoms with Gasteiger partial charge in [-0.2, -0.15) is 0 Å². The van der Waals surface area contributed by atoms with Gasteiger partial charge in [0.25, 0.3) is 5.91 Å². The minimum absolute atomic E-state index is 0.121. The lowest BCUT2D eigenvalue weighted by atomic mass is 10.2. The fraction of sp³-hybridized carbons (Fsp3) is 0.250. The van der Waals surface area contributed by atoms with Crippen LogP contribution < -0.4 is 0 Å². The van der Waals surface area contributed by atoms with E-state index in [1.807, 2.05) is 47.4 Å². The molecule has 2 aromatic carbocycles. The van der Waals surface area contributed by atoms with E-state index in [2.05, 4.69) is 45.1 Å². The molecule has 0 aromatic heterocycles. The summed E-state index contributed by atoms with van der Waals surface area (Å²) in [6.45, 7) is 4.32. The third-order valence-electron chi connectivity index (χ3n) is 4.20. The van der Waals surface area contributed by atoms with Gasteiger partial charge >= 0.3 is 0 Å². The highest BCUT2D eigenvalue weighted by Crippen LogP contribution is 2.15. The maximum Gasteiger partial charge on any atom is 0.253 e. The zero-order valence-electron chi connectivity index (χ0n) is 13.6. The van der Waals surface area contributed by atoms with Gasteiger partial charge in [-0.1, -0.05) is 64.5 Å². The normalized spacial score (nSPS) is 15.8. The number of halogens is 1. The molecule has 124 valence electrons. The van der Waals surface area contributed by atoms with E-state index in [4.69, 9.17) is 0 Å². The van der Waals surface area contributed by atoms with E-state index < -0.39 is 0 Å². The second kappa shape index (κ2) is 8.27. The van der Waals surface area contributed by atoms with Crippen molar-refractivity contribution in [3.63, 3.8) is 0 Å². The highest BCUT2D eigenvalue weighted by atomic mass is 79.9. The van der Waals surface area contributed by atoms with E-state index in [1.165, 1.54) is 5.56 Å². The molecule has 24 heavy (non-hydrogen) atoms. The van der Waals surface area contributed by atoms with Crippen molar-refractivity contribution in [3.05, 3.63) is 76.3 Å². The van der Waals surface area contributed by atoms with Gasteiger partial charge in [-0.25, -0.2) is 0 Å². The summed E-state index contributed by atoms with van der Waals surface area (Å²) in [5.74, 6) is 0.121. The maximum absolute atomic E-state index is 12.5. The van der Waals surface area contributed by atoms with Gasteiger partial charge in [0.05, 0.1) is 0 Å². The largest absolute Gasteiger partial charge is 0.336 e. The minimum Gasteiger partial charge on any atom is -0.336 e. The van der Waals surface area contributed by atoms with E-state index in [-0.39, 0.29) is 5.91 Å². The van der Waals surface area contributed by atoms with Crippen molar-refractivity contribution >= 4 is 27.9 Å². The summed E-state index contributed by atoms with van der Waals surface area (Å²) >= 11 is 3.43. The minimum atomic E-state index is 0.121. The first-order valence-electron chi connectivity index (χ1n) is 8.21. The molecule has 1 heterocycles. The van der Waals surface area contributed by atoms with Crippen LogP contribution in [0.15, 0.2) is 65.1 Å². The average Bonchev–Trinajstić information content (AvgIpc) is 2.63. The van der Waals surface area contributed by atoms with Crippen LogP contribution in [0.5, 0.6) is 0 Å². The maximum atomic E-state index is 12.5. The summed E-state index contributed by atoms with van der Waals surface area (Å²) in [6, 6.07) is 17.9. The third kappa shape index (κ3) is 4.56. The van der Waals surface area contributed by atoms with Gasteiger partial charge in [-0.3, -0.25) is 9.69 Å². The Morgan fingerprint density at radius 2 is 1.75 bits per heavy atom. The Morgan fingerprint density at radius 1 is 1.00 bits per heavy atom. The number of amides is 1. The zero-order valence-corrected chi connectivity index (χ0v) is 15.2. The number of piperazine rings is 1. The van der Waals surface area contributed by atoms with Crippen LogP contribution in [0, 0.1) is 0 Å². The smallest absolute Gasteiger partial charge is 0.253 e. The Hall–Kier alpha value is -1.91. The third-order valence-corrected chi connectivity index (χ3v) is 4.70. The highest BCUT2D eigenvalue weighted by molar-refractivity contribution is 9.10. The van der Waals surface area contributed by atoms with Crippen LogP contribution in [0.1, 0.15) is 15.9 Å². The molecule has 0 N–H and O–H groups in total. The summed E-state index contributed by atoms with van der Waals surface area (Å²) in [6.07, 6.45) is 4.35. The van der Waals surface area contributed by atoms with E-state index in [1.54, 1.807) is 0 Å². The molecule has 1 fully saturated rings. The molecule has 0 bridgehead atoms. The molecule has 0 unspecified atom stereocenters. The van der Waals surface area contributed by atoms with Crippen LogP contribution in [0.3, 0.4) is 0 Å². The summed E-state index contributed by atoms with van der Waals surface area (Å²) in [7, 11) is 0. The number of benzene rings is 2. The van der Waals surface area contributed by atoms with Gasteiger partial charge in [0.15, 0.2) is 0 Å². The quantitative estimate of drug-likeness (QED) is 0.797. The standard InChI is InChI=1S/C20H21BrN2O/c21-19-10-4-9-18(16-19)20(24)23-14-12-22(13-15-23)11-5-8-17-6-2-1-3-7-17/h1-10,16H,11-15H2/b8-5+. The lowest BCUT2D eigenvalue weighted by Crippen LogP contribution is -2.48. The van der Waals surface area contributed by atoms with Crippen LogP contribution in [0.4, 0.5) is 0 Å². The van der Waals surface area contributed by atoms with E-state index in [0.717, 1.165) is 42.8 Å². The van der Waals surface area contributed by atoms with Crippen LogP contribution >= 0.6 is 15.9 Å². The molecule has 3 rings (SSSR count). The highest BCUT2D eigenvalue weighted by Gasteiger charge is 2.21. The van der Waals surface area contributed by atoms with Crippen molar-refractivity contribution in [3.8, 4) is 0 Å². The van der Waals surface area contributed by atoms with Gasteiger partial charge < -0.3 is 4.90 Å². The van der Waals surface area contributed by atoms with Crippen LogP contribution in [-0.4, -0.2) is 48.4 Å². The Labute approximate surface area is 151 Å². The van der Waals surface area contributed by atoms with Crippen molar-refractivity contribution < 1.29 is 4.79 Å². The molecule has 2 aromatic rings. The average molecular weight is 385 g/mol. The number of hydrogen-bond acceptors (Lipinski definition) is 2. The molecule has 4 heteroatoms. The van der Waals surface area contributed by atoms with Crippen LogP contribution in [0.25, 0.3) is 6.08 Å². The fourth-order valence-electron chi connectivity index (χ4n) is 2.84. The summed E-state index contributed by atoms with van der Waals surface area (Å²) < 4.78 is 0.943.